The standard InChI is InChI=1S/C14H24N2O3S/c1-11(2)8-9-16-20(17,18)13-7-6-12(19-13)10-15-14(3,4)5/h6-8,15-16H,9-10H2,1-5H3. The molecule has 2 N–H and O–H groups in total. The summed E-state index contributed by atoms with van der Waals surface area (Å²) in [5.41, 5.74) is 1.01. The van der Waals surface area contributed by atoms with Gasteiger partial charge in [0, 0.05) is 12.1 Å². The van der Waals surface area contributed by atoms with E-state index in [9.17, 15) is 8.42 Å². The molecule has 6 heteroatoms. The van der Waals surface area contributed by atoms with Gasteiger partial charge in [0.05, 0.1) is 6.54 Å². The van der Waals surface area contributed by atoms with Gasteiger partial charge < -0.3 is 9.73 Å². The molecule has 1 aromatic heterocycles. The van der Waals surface area contributed by atoms with Crippen LogP contribution in [-0.4, -0.2) is 20.5 Å². The largest absolute Gasteiger partial charge is 0.447 e. The van der Waals surface area contributed by atoms with Gasteiger partial charge in [-0.2, -0.15) is 0 Å². The van der Waals surface area contributed by atoms with Gasteiger partial charge in [-0.05, 0) is 46.8 Å². The maximum absolute atomic E-state index is 12.0. The van der Waals surface area contributed by atoms with E-state index in [1.54, 1.807) is 6.07 Å². The Hall–Kier alpha value is -1.11. The van der Waals surface area contributed by atoms with Gasteiger partial charge in [-0.25, -0.2) is 13.1 Å². The number of allylic oxidation sites excluding steroid dienone is 1. The second-order valence-corrected chi connectivity index (χ2v) is 7.66. The van der Waals surface area contributed by atoms with Crippen LogP contribution in [0.3, 0.4) is 0 Å². The van der Waals surface area contributed by atoms with Crippen molar-refractivity contribution >= 4 is 10.0 Å². The smallest absolute Gasteiger partial charge is 0.274 e. The van der Waals surface area contributed by atoms with E-state index in [-0.39, 0.29) is 17.2 Å². The summed E-state index contributed by atoms with van der Waals surface area (Å²) in [5, 5.41) is 3.19. The maximum Gasteiger partial charge on any atom is 0.274 e. The van der Waals surface area contributed by atoms with Crippen LogP contribution in [0, 0.1) is 0 Å². The van der Waals surface area contributed by atoms with E-state index in [1.165, 1.54) is 6.07 Å². The molecule has 1 aromatic rings. The number of rotatable bonds is 6. The van der Waals surface area contributed by atoms with Crippen molar-refractivity contribution in [3.8, 4) is 0 Å². The Bertz CT molecular complexity index is 561. The highest BCUT2D eigenvalue weighted by atomic mass is 32.2. The Labute approximate surface area is 121 Å². The van der Waals surface area contributed by atoms with E-state index < -0.39 is 10.0 Å². The summed E-state index contributed by atoms with van der Waals surface area (Å²) in [6.45, 7) is 10.7. The van der Waals surface area contributed by atoms with Crippen LogP contribution >= 0.6 is 0 Å². The summed E-state index contributed by atoms with van der Waals surface area (Å²) >= 11 is 0. The first kappa shape index (κ1) is 16.9. The second kappa shape index (κ2) is 6.56. The first-order chi connectivity index (χ1) is 9.10. The van der Waals surface area contributed by atoms with Crippen molar-refractivity contribution < 1.29 is 12.8 Å². The minimum absolute atomic E-state index is 0.0481. The van der Waals surface area contributed by atoms with Gasteiger partial charge in [0.25, 0.3) is 10.0 Å². The summed E-state index contributed by atoms with van der Waals surface area (Å²) in [5.74, 6) is 0.600. The molecule has 1 heterocycles. The fourth-order valence-electron chi connectivity index (χ4n) is 1.38. The third kappa shape index (κ3) is 5.90. The fraction of sp³-hybridized carbons (Fsp3) is 0.571. The predicted octanol–water partition coefficient (Wildman–Crippen LogP) is 2.41. The van der Waals surface area contributed by atoms with Crippen molar-refractivity contribution in [2.24, 2.45) is 0 Å². The van der Waals surface area contributed by atoms with E-state index in [0.29, 0.717) is 12.3 Å². The molecule has 114 valence electrons. The topological polar surface area (TPSA) is 71.3 Å². The molecule has 0 amide bonds. The molecular weight excluding hydrogens is 276 g/mol. The van der Waals surface area contributed by atoms with Crippen LogP contribution in [0.4, 0.5) is 0 Å². The Morgan fingerprint density at radius 1 is 1.30 bits per heavy atom. The van der Waals surface area contributed by atoms with Gasteiger partial charge in [-0.1, -0.05) is 11.6 Å². The predicted molar refractivity (Wildman–Crippen MR) is 79.9 cm³/mol. The zero-order chi connectivity index (χ0) is 15.4. The maximum atomic E-state index is 12.0. The first-order valence-corrected chi connectivity index (χ1v) is 8.05. The molecule has 0 atom stereocenters. The van der Waals surface area contributed by atoms with E-state index >= 15 is 0 Å². The van der Waals surface area contributed by atoms with Crippen molar-refractivity contribution in [3.63, 3.8) is 0 Å². The Morgan fingerprint density at radius 3 is 2.50 bits per heavy atom. The number of furan rings is 1. The molecule has 20 heavy (non-hydrogen) atoms. The quantitative estimate of drug-likeness (QED) is 0.791. The van der Waals surface area contributed by atoms with Crippen LogP contribution in [-0.2, 0) is 16.6 Å². The molecule has 0 bridgehead atoms. The Morgan fingerprint density at radius 2 is 1.95 bits per heavy atom. The molecule has 0 fully saturated rings. The lowest BCUT2D eigenvalue weighted by Crippen LogP contribution is -2.34. The average molecular weight is 300 g/mol. The van der Waals surface area contributed by atoms with E-state index in [0.717, 1.165) is 5.57 Å². The van der Waals surface area contributed by atoms with Gasteiger partial charge in [0.1, 0.15) is 5.76 Å². The third-order valence-electron chi connectivity index (χ3n) is 2.48. The normalized spacial score (nSPS) is 12.4. The SMILES string of the molecule is CC(C)=CCNS(=O)(=O)c1ccc(CNC(C)(C)C)o1. The van der Waals surface area contributed by atoms with Crippen LogP contribution in [0.1, 0.15) is 40.4 Å². The van der Waals surface area contributed by atoms with Crippen LogP contribution < -0.4 is 10.0 Å². The number of hydrogen-bond acceptors (Lipinski definition) is 4. The van der Waals surface area contributed by atoms with Crippen molar-refractivity contribution in [3.05, 3.63) is 29.5 Å². The molecule has 1 rings (SSSR count). The summed E-state index contributed by atoms with van der Waals surface area (Å²) in [4.78, 5) is 0. The van der Waals surface area contributed by atoms with E-state index in [4.69, 9.17) is 4.42 Å². The average Bonchev–Trinajstić information content (AvgIpc) is 2.73. The summed E-state index contributed by atoms with van der Waals surface area (Å²) in [6, 6.07) is 3.15. The van der Waals surface area contributed by atoms with Gasteiger partial charge in [-0.3, -0.25) is 0 Å². The molecule has 5 nitrogen and oxygen atoms in total. The van der Waals surface area contributed by atoms with Crippen molar-refractivity contribution in [1.82, 2.24) is 10.0 Å². The minimum Gasteiger partial charge on any atom is -0.447 e. The summed E-state index contributed by atoms with van der Waals surface area (Å²) in [7, 11) is -3.58. The Kier molecular flexibility index (Phi) is 5.56. The summed E-state index contributed by atoms with van der Waals surface area (Å²) in [6.07, 6.45) is 1.81. The number of sulfonamides is 1. The fourth-order valence-corrected chi connectivity index (χ4v) is 2.29. The monoisotopic (exact) mass is 300 g/mol. The highest BCUT2D eigenvalue weighted by Gasteiger charge is 2.18. The molecule has 0 spiro atoms. The molecule has 0 aliphatic carbocycles. The molecule has 0 aliphatic rings. The van der Waals surface area contributed by atoms with Crippen molar-refractivity contribution in [2.45, 2.75) is 51.8 Å². The van der Waals surface area contributed by atoms with Crippen LogP contribution in [0.25, 0.3) is 0 Å². The molecule has 0 aromatic carbocycles. The molecule has 0 aliphatic heterocycles. The highest BCUT2D eigenvalue weighted by molar-refractivity contribution is 7.89. The molecule has 0 radical (unpaired) electrons. The molecule has 0 saturated carbocycles. The second-order valence-electron chi connectivity index (χ2n) is 5.96. The van der Waals surface area contributed by atoms with Gasteiger partial charge in [0.15, 0.2) is 0 Å². The van der Waals surface area contributed by atoms with Gasteiger partial charge in [0.2, 0.25) is 5.09 Å². The highest BCUT2D eigenvalue weighted by Crippen LogP contribution is 2.14. The van der Waals surface area contributed by atoms with Crippen LogP contribution in [0.15, 0.2) is 33.3 Å². The van der Waals surface area contributed by atoms with Crippen molar-refractivity contribution in [1.29, 1.82) is 0 Å². The number of nitrogens with one attached hydrogen (secondary N) is 2. The van der Waals surface area contributed by atoms with Gasteiger partial charge in [-0.15, -0.1) is 0 Å². The lowest BCUT2D eigenvalue weighted by Gasteiger charge is -2.19. The van der Waals surface area contributed by atoms with Crippen LogP contribution in [0.5, 0.6) is 0 Å². The van der Waals surface area contributed by atoms with Gasteiger partial charge >= 0.3 is 0 Å². The summed E-state index contributed by atoms with van der Waals surface area (Å²) < 4.78 is 31.8. The van der Waals surface area contributed by atoms with Crippen molar-refractivity contribution in [2.75, 3.05) is 6.54 Å². The lowest BCUT2D eigenvalue weighted by atomic mass is 10.1. The molecule has 0 saturated heterocycles. The zero-order valence-corrected chi connectivity index (χ0v) is 13.6. The van der Waals surface area contributed by atoms with Crippen LogP contribution in [0.2, 0.25) is 0 Å². The molecule has 0 unspecified atom stereocenters. The zero-order valence-electron chi connectivity index (χ0n) is 12.8. The Balaban J connectivity index is 2.68. The first-order valence-electron chi connectivity index (χ1n) is 6.57. The lowest BCUT2D eigenvalue weighted by molar-refractivity contribution is 0.359. The number of hydrogen-bond donors (Lipinski definition) is 2. The molecular formula is C14H24N2O3S. The third-order valence-corrected chi connectivity index (χ3v) is 3.77. The minimum atomic E-state index is -3.58. The van der Waals surface area contributed by atoms with E-state index in [2.05, 4.69) is 10.0 Å². The van der Waals surface area contributed by atoms with E-state index in [1.807, 2.05) is 40.7 Å².